The maximum atomic E-state index is 12.0. The molecule has 1 saturated heterocycles. The number of halogens is 3. The van der Waals surface area contributed by atoms with E-state index in [0.717, 1.165) is 39.1 Å². The van der Waals surface area contributed by atoms with Crippen molar-refractivity contribution in [3.63, 3.8) is 0 Å². The minimum Gasteiger partial charge on any atom is -0.369 e. The molecule has 0 spiro atoms. The third-order valence-electron chi connectivity index (χ3n) is 4.66. The van der Waals surface area contributed by atoms with Gasteiger partial charge in [0.25, 0.3) is 0 Å². The van der Waals surface area contributed by atoms with Crippen LogP contribution in [0.15, 0.2) is 30.3 Å². The van der Waals surface area contributed by atoms with Crippen LogP contribution >= 0.6 is 37.2 Å². The number of hydrogen-bond acceptors (Lipinski definition) is 4. The van der Waals surface area contributed by atoms with Gasteiger partial charge in [-0.1, -0.05) is 39.0 Å². The molecule has 2 rings (SSSR count). The van der Waals surface area contributed by atoms with Crippen LogP contribution in [0.4, 0.5) is 5.69 Å². The smallest absolute Gasteiger partial charge is 0.237 e. The highest BCUT2D eigenvalue weighted by Crippen LogP contribution is 2.17. The standard InChI is InChI=1S/C19H32N4O.3ClH/c1-19(2,3)17(20)18(24)21-10-7-11-22-12-14-23(15-13-22)16-8-5-4-6-9-16;;;/h4-6,8-9,17H,7,10-15,20H2,1-3H3,(H,21,24);3*1H/t17-;;;/m1.../s1. The molecule has 0 radical (unpaired) electrons. The number of carbonyl (C=O) groups excluding carboxylic acids is 1. The number of nitrogens with zero attached hydrogens (tertiary/aromatic N) is 2. The van der Waals surface area contributed by atoms with E-state index in [0.29, 0.717) is 6.54 Å². The Morgan fingerprint density at radius 3 is 2.15 bits per heavy atom. The maximum Gasteiger partial charge on any atom is 0.237 e. The summed E-state index contributed by atoms with van der Waals surface area (Å²) in [6, 6.07) is 10.1. The Hall–Kier alpha value is -0.720. The van der Waals surface area contributed by atoms with Crippen molar-refractivity contribution in [3.8, 4) is 0 Å². The lowest BCUT2D eigenvalue weighted by atomic mass is 9.87. The number of amides is 1. The molecule has 1 aliphatic heterocycles. The molecule has 0 saturated carbocycles. The summed E-state index contributed by atoms with van der Waals surface area (Å²) in [5.74, 6) is -0.0450. The van der Waals surface area contributed by atoms with Crippen molar-refractivity contribution in [1.82, 2.24) is 10.2 Å². The van der Waals surface area contributed by atoms with Crippen LogP contribution in [0, 0.1) is 5.41 Å². The first-order valence-corrected chi connectivity index (χ1v) is 8.93. The number of benzene rings is 1. The summed E-state index contributed by atoms with van der Waals surface area (Å²) in [5, 5.41) is 2.96. The predicted octanol–water partition coefficient (Wildman–Crippen LogP) is 2.95. The zero-order valence-corrected chi connectivity index (χ0v) is 19.0. The monoisotopic (exact) mass is 440 g/mol. The first-order chi connectivity index (χ1) is 11.4. The van der Waals surface area contributed by atoms with Crippen LogP contribution in [-0.2, 0) is 4.79 Å². The highest BCUT2D eigenvalue weighted by atomic mass is 35.5. The molecule has 1 aromatic carbocycles. The second-order valence-corrected chi connectivity index (χ2v) is 7.65. The van der Waals surface area contributed by atoms with Crippen LogP contribution in [0.25, 0.3) is 0 Å². The van der Waals surface area contributed by atoms with E-state index in [9.17, 15) is 4.79 Å². The van der Waals surface area contributed by atoms with Gasteiger partial charge in [-0.2, -0.15) is 0 Å². The number of anilines is 1. The van der Waals surface area contributed by atoms with Gasteiger partial charge >= 0.3 is 0 Å². The van der Waals surface area contributed by atoms with E-state index in [-0.39, 0.29) is 48.5 Å². The molecule has 0 aliphatic carbocycles. The molecular weight excluding hydrogens is 407 g/mol. The molecule has 1 aliphatic rings. The van der Waals surface area contributed by atoms with Gasteiger partial charge in [-0.15, -0.1) is 37.2 Å². The average Bonchev–Trinajstić information content (AvgIpc) is 2.58. The fraction of sp³-hybridized carbons (Fsp3) is 0.632. The number of nitrogens with one attached hydrogen (secondary N) is 1. The number of nitrogens with two attached hydrogens (primary N) is 1. The summed E-state index contributed by atoms with van der Waals surface area (Å²) in [6.45, 7) is 12.0. The topological polar surface area (TPSA) is 61.6 Å². The number of carbonyl (C=O) groups is 1. The van der Waals surface area contributed by atoms with Gasteiger partial charge in [0.05, 0.1) is 6.04 Å². The molecule has 3 N–H and O–H groups in total. The van der Waals surface area contributed by atoms with Crippen molar-refractivity contribution in [3.05, 3.63) is 30.3 Å². The van der Waals surface area contributed by atoms with Gasteiger partial charge in [0.15, 0.2) is 0 Å². The quantitative estimate of drug-likeness (QED) is 0.666. The highest BCUT2D eigenvalue weighted by Gasteiger charge is 2.27. The maximum absolute atomic E-state index is 12.0. The van der Waals surface area contributed by atoms with Crippen molar-refractivity contribution in [2.75, 3.05) is 44.2 Å². The fourth-order valence-corrected chi connectivity index (χ4v) is 2.89. The van der Waals surface area contributed by atoms with E-state index in [4.69, 9.17) is 5.73 Å². The SMILES string of the molecule is CC(C)(C)[C@H](N)C(=O)NCCCN1CCN(c2ccccc2)CC1.Cl.Cl.Cl. The fourth-order valence-electron chi connectivity index (χ4n) is 2.89. The third-order valence-corrected chi connectivity index (χ3v) is 4.66. The molecule has 158 valence electrons. The van der Waals surface area contributed by atoms with E-state index in [1.165, 1.54) is 5.69 Å². The van der Waals surface area contributed by atoms with E-state index in [1.54, 1.807) is 0 Å². The molecule has 0 aromatic heterocycles. The van der Waals surface area contributed by atoms with Crippen LogP contribution in [0.2, 0.25) is 0 Å². The largest absolute Gasteiger partial charge is 0.369 e. The Balaban J connectivity index is 0. The molecule has 1 atom stereocenters. The van der Waals surface area contributed by atoms with E-state index in [1.807, 2.05) is 20.8 Å². The zero-order valence-electron chi connectivity index (χ0n) is 16.5. The molecule has 1 heterocycles. The minimum atomic E-state index is -0.452. The number of piperazine rings is 1. The Kier molecular flexibility index (Phi) is 14.2. The van der Waals surface area contributed by atoms with Gasteiger partial charge in [0, 0.05) is 38.4 Å². The molecule has 5 nitrogen and oxygen atoms in total. The summed E-state index contributed by atoms with van der Waals surface area (Å²) < 4.78 is 0. The zero-order chi connectivity index (χ0) is 17.6. The normalized spacial score (nSPS) is 15.6. The van der Waals surface area contributed by atoms with Crippen molar-refractivity contribution < 1.29 is 4.79 Å². The summed E-state index contributed by atoms with van der Waals surface area (Å²) in [7, 11) is 0. The Bertz CT molecular complexity index is 517. The lowest BCUT2D eigenvalue weighted by Crippen LogP contribution is -2.49. The van der Waals surface area contributed by atoms with Crippen LogP contribution in [-0.4, -0.2) is 56.1 Å². The van der Waals surface area contributed by atoms with Crippen molar-refractivity contribution in [2.45, 2.75) is 33.2 Å². The molecule has 1 amide bonds. The minimum absolute atomic E-state index is 0. The van der Waals surface area contributed by atoms with Gasteiger partial charge in [0.2, 0.25) is 5.91 Å². The molecule has 1 aromatic rings. The first kappa shape index (κ1) is 28.5. The van der Waals surface area contributed by atoms with E-state index in [2.05, 4.69) is 45.4 Å². The van der Waals surface area contributed by atoms with Crippen LogP contribution in [0.3, 0.4) is 0 Å². The molecule has 8 heteroatoms. The summed E-state index contributed by atoms with van der Waals surface area (Å²) in [4.78, 5) is 16.9. The first-order valence-electron chi connectivity index (χ1n) is 8.93. The van der Waals surface area contributed by atoms with Gasteiger partial charge in [0.1, 0.15) is 0 Å². The molecule has 27 heavy (non-hydrogen) atoms. The van der Waals surface area contributed by atoms with E-state index >= 15 is 0 Å². The van der Waals surface area contributed by atoms with Crippen molar-refractivity contribution >= 4 is 48.8 Å². The Labute approximate surface area is 182 Å². The molecule has 0 bridgehead atoms. The van der Waals surface area contributed by atoms with Crippen molar-refractivity contribution in [1.29, 1.82) is 0 Å². The lowest BCUT2D eigenvalue weighted by molar-refractivity contribution is -0.124. The van der Waals surface area contributed by atoms with Crippen LogP contribution in [0.5, 0.6) is 0 Å². The second kappa shape index (κ2) is 13.5. The van der Waals surface area contributed by atoms with Crippen molar-refractivity contribution in [2.24, 2.45) is 11.1 Å². The molecular formula is C19H35Cl3N4O. The predicted molar refractivity (Wildman–Crippen MR) is 122 cm³/mol. The highest BCUT2D eigenvalue weighted by molar-refractivity contribution is 5.86. The molecule has 0 unspecified atom stereocenters. The van der Waals surface area contributed by atoms with Gasteiger partial charge in [-0.05, 0) is 30.5 Å². The number of hydrogen-bond donors (Lipinski definition) is 2. The van der Waals surface area contributed by atoms with Crippen LogP contribution < -0.4 is 16.0 Å². The third kappa shape index (κ3) is 9.35. The Morgan fingerprint density at radius 1 is 1.07 bits per heavy atom. The summed E-state index contributed by atoms with van der Waals surface area (Å²) in [5.41, 5.74) is 7.07. The average molecular weight is 442 g/mol. The lowest BCUT2D eigenvalue weighted by Gasteiger charge is -2.36. The number of rotatable bonds is 6. The Morgan fingerprint density at radius 2 is 1.63 bits per heavy atom. The van der Waals surface area contributed by atoms with Gasteiger partial charge in [-0.3, -0.25) is 9.69 Å². The van der Waals surface area contributed by atoms with Gasteiger partial charge < -0.3 is 16.0 Å². The molecule has 1 fully saturated rings. The summed E-state index contributed by atoms with van der Waals surface area (Å²) in [6.07, 6.45) is 0.966. The summed E-state index contributed by atoms with van der Waals surface area (Å²) >= 11 is 0. The van der Waals surface area contributed by atoms with Crippen LogP contribution in [0.1, 0.15) is 27.2 Å². The van der Waals surface area contributed by atoms with E-state index < -0.39 is 6.04 Å². The number of para-hydroxylation sites is 1. The van der Waals surface area contributed by atoms with Gasteiger partial charge in [-0.25, -0.2) is 0 Å². The second-order valence-electron chi connectivity index (χ2n) is 7.65.